The van der Waals surface area contributed by atoms with Crippen LogP contribution in [0.4, 0.5) is 0 Å². The van der Waals surface area contributed by atoms with E-state index in [0.717, 1.165) is 0 Å². The first-order chi connectivity index (χ1) is 13.0. The van der Waals surface area contributed by atoms with Crippen LogP contribution in [-0.2, 0) is 16.0 Å². The molecule has 2 aromatic carbocycles. The van der Waals surface area contributed by atoms with Gasteiger partial charge in [-0.15, -0.1) is 0 Å². The lowest BCUT2D eigenvalue weighted by atomic mass is 10.1. The van der Waals surface area contributed by atoms with Gasteiger partial charge in [0.25, 0.3) is 5.91 Å². The third-order valence-corrected chi connectivity index (χ3v) is 3.51. The van der Waals surface area contributed by atoms with E-state index in [9.17, 15) is 9.59 Å². The molecule has 0 aliphatic carbocycles. The van der Waals surface area contributed by atoms with E-state index >= 15 is 0 Å². The fourth-order valence-electron chi connectivity index (χ4n) is 2.17. The Kier molecular flexibility index (Phi) is 7.02. The number of hydrogen-bond donors (Lipinski definition) is 2. The van der Waals surface area contributed by atoms with Gasteiger partial charge < -0.3 is 14.2 Å². The van der Waals surface area contributed by atoms with Crippen LogP contribution in [0.3, 0.4) is 0 Å². The summed E-state index contributed by atoms with van der Waals surface area (Å²) in [6.07, 6.45) is 0.0527. The van der Waals surface area contributed by atoms with Crippen molar-refractivity contribution in [1.82, 2.24) is 10.9 Å². The number of hydrogen-bond acceptors (Lipinski definition) is 6. The van der Waals surface area contributed by atoms with Crippen LogP contribution in [0, 0.1) is 11.3 Å². The molecule has 0 heterocycles. The van der Waals surface area contributed by atoms with E-state index in [1.165, 1.54) is 14.2 Å². The van der Waals surface area contributed by atoms with Crippen molar-refractivity contribution in [3.05, 3.63) is 53.6 Å². The lowest BCUT2D eigenvalue weighted by Gasteiger charge is -2.11. The van der Waals surface area contributed by atoms with Crippen LogP contribution >= 0.6 is 0 Å². The number of nitrogens with one attached hydrogen (secondary N) is 2. The molecule has 140 valence electrons. The molecule has 0 saturated carbocycles. The Bertz CT molecular complexity index is 843. The molecule has 0 unspecified atom stereocenters. The van der Waals surface area contributed by atoms with E-state index in [1.54, 1.807) is 42.5 Å². The maximum atomic E-state index is 11.9. The third-order valence-electron chi connectivity index (χ3n) is 3.51. The number of benzene rings is 2. The van der Waals surface area contributed by atoms with E-state index in [-0.39, 0.29) is 13.0 Å². The van der Waals surface area contributed by atoms with Crippen molar-refractivity contribution in [3.8, 4) is 23.3 Å². The Labute approximate surface area is 156 Å². The number of ether oxygens (including phenoxy) is 3. The molecule has 0 fully saturated rings. The second kappa shape index (κ2) is 9.68. The zero-order valence-corrected chi connectivity index (χ0v) is 14.9. The standard InChI is InChI=1S/C19H19N3O5/c1-25-16-8-5-14(9-17(16)26-2)10-18(23)21-22-19(24)12-27-15-6-3-13(11-20)4-7-15/h3-9H,10,12H2,1-2H3,(H,21,23)(H,22,24). The summed E-state index contributed by atoms with van der Waals surface area (Å²) >= 11 is 0. The summed E-state index contributed by atoms with van der Waals surface area (Å²) in [4.78, 5) is 23.7. The summed E-state index contributed by atoms with van der Waals surface area (Å²) < 4.78 is 15.6. The minimum Gasteiger partial charge on any atom is -0.493 e. The third kappa shape index (κ3) is 5.93. The van der Waals surface area contributed by atoms with E-state index in [1.807, 2.05) is 6.07 Å². The lowest BCUT2D eigenvalue weighted by molar-refractivity contribution is -0.129. The van der Waals surface area contributed by atoms with Crippen molar-refractivity contribution >= 4 is 11.8 Å². The Balaban J connectivity index is 1.77. The molecule has 0 radical (unpaired) electrons. The number of rotatable bonds is 7. The maximum absolute atomic E-state index is 11.9. The van der Waals surface area contributed by atoms with Crippen molar-refractivity contribution in [2.24, 2.45) is 0 Å². The van der Waals surface area contributed by atoms with Gasteiger partial charge in [-0.25, -0.2) is 0 Å². The van der Waals surface area contributed by atoms with Gasteiger partial charge in [0.05, 0.1) is 32.3 Å². The molecular formula is C19H19N3O5. The van der Waals surface area contributed by atoms with Gasteiger partial charge >= 0.3 is 0 Å². The van der Waals surface area contributed by atoms with Gasteiger partial charge in [0.2, 0.25) is 5.91 Å². The molecule has 8 heteroatoms. The maximum Gasteiger partial charge on any atom is 0.276 e. The highest BCUT2D eigenvalue weighted by atomic mass is 16.5. The summed E-state index contributed by atoms with van der Waals surface area (Å²) in [7, 11) is 3.04. The van der Waals surface area contributed by atoms with E-state index < -0.39 is 11.8 Å². The predicted molar refractivity (Wildman–Crippen MR) is 96.2 cm³/mol. The summed E-state index contributed by atoms with van der Waals surface area (Å²) in [5, 5.41) is 8.72. The number of nitriles is 1. The highest BCUT2D eigenvalue weighted by Gasteiger charge is 2.10. The molecular weight excluding hydrogens is 350 g/mol. The van der Waals surface area contributed by atoms with Crippen LogP contribution < -0.4 is 25.1 Å². The first-order valence-electron chi connectivity index (χ1n) is 7.97. The normalized spacial score (nSPS) is 9.67. The fraction of sp³-hybridized carbons (Fsp3) is 0.211. The number of carbonyl (C=O) groups is 2. The Morgan fingerprint density at radius 3 is 2.26 bits per heavy atom. The lowest BCUT2D eigenvalue weighted by Crippen LogP contribution is -2.44. The summed E-state index contributed by atoms with van der Waals surface area (Å²) in [6, 6.07) is 13.4. The topological polar surface area (TPSA) is 110 Å². The minimum atomic E-state index is -0.514. The Morgan fingerprint density at radius 2 is 1.63 bits per heavy atom. The molecule has 0 saturated heterocycles. The van der Waals surface area contributed by atoms with Crippen molar-refractivity contribution in [2.45, 2.75) is 6.42 Å². The summed E-state index contributed by atoms with van der Waals surface area (Å²) in [5.41, 5.74) is 5.79. The average Bonchev–Trinajstić information content (AvgIpc) is 2.70. The van der Waals surface area contributed by atoms with Gasteiger partial charge in [0.15, 0.2) is 18.1 Å². The zero-order chi connectivity index (χ0) is 19.6. The molecule has 0 aliphatic heterocycles. The second-order valence-electron chi connectivity index (χ2n) is 5.39. The highest BCUT2D eigenvalue weighted by molar-refractivity contribution is 5.84. The van der Waals surface area contributed by atoms with Crippen molar-refractivity contribution in [2.75, 3.05) is 20.8 Å². The molecule has 2 N–H and O–H groups in total. The van der Waals surface area contributed by atoms with E-state index in [2.05, 4.69) is 10.9 Å². The molecule has 2 amide bonds. The number of carbonyl (C=O) groups excluding carboxylic acids is 2. The highest BCUT2D eigenvalue weighted by Crippen LogP contribution is 2.27. The molecule has 27 heavy (non-hydrogen) atoms. The van der Waals surface area contributed by atoms with Crippen LogP contribution in [0.5, 0.6) is 17.2 Å². The smallest absolute Gasteiger partial charge is 0.276 e. The van der Waals surface area contributed by atoms with Crippen LogP contribution in [0.1, 0.15) is 11.1 Å². The van der Waals surface area contributed by atoms with Crippen molar-refractivity contribution in [3.63, 3.8) is 0 Å². The number of amides is 2. The molecule has 0 spiro atoms. The monoisotopic (exact) mass is 369 g/mol. The largest absolute Gasteiger partial charge is 0.493 e. The molecule has 2 rings (SSSR count). The summed E-state index contributed by atoms with van der Waals surface area (Å²) in [6.45, 7) is -0.275. The first kappa shape index (κ1) is 19.6. The van der Waals surface area contributed by atoms with Gasteiger partial charge in [0, 0.05) is 0 Å². The Hall–Kier alpha value is -3.73. The van der Waals surface area contributed by atoms with Gasteiger partial charge in [-0.1, -0.05) is 6.07 Å². The zero-order valence-electron chi connectivity index (χ0n) is 14.9. The predicted octanol–water partition coefficient (Wildman–Crippen LogP) is 1.34. The Morgan fingerprint density at radius 1 is 0.963 bits per heavy atom. The molecule has 0 atom stereocenters. The molecule has 2 aromatic rings. The molecule has 0 aliphatic rings. The van der Waals surface area contributed by atoms with Gasteiger partial charge in [-0.05, 0) is 42.0 Å². The quantitative estimate of drug-likeness (QED) is 0.713. The SMILES string of the molecule is COc1ccc(CC(=O)NNC(=O)COc2ccc(C#N)cc2)cc1OC. The van der Waals surface area contributed by atoms with Crippen LogP contribution in [0.2, 0.25) is 0 Å². The van der Waals surface area contributed by atoms with Crippen molar-refractivity contribution in [1.29, 1.82) is 5.26 Å². The fourth-order valence-corrected chi connectivity index (χ4v) is 2.17. The number of hydrazine groups is 1. The first-order valence-corrected chi connectivity index (χ1v) is 7.97. The number of nitrogens with zero attached hydrogens (tertiary/aromatic N) is 1. The number of methoxy groups -OCH3 is 2. The molecule has 0 bridgehead atoms. The second-order valence-corrected chi connectivity index (χ2v) is 5.39. The van der Waals surface area contributed by atoms with Gasteiger partial charge in [0.1, 0.15) is 5.75 Å². The van der Waals surface area contributed by atoms with E-state index in [4.69, 9.17) is 19.5 Å². The van der Waals surface area contributed by atoms with Gasteiger partial charge in [-0.2, -0.15) is 5.26 Å². The van der Waals surface area contributed by atoms with E-state index in [0.29, 0.717) is 28.4 Å². The van der Waals surface area contributed by atoms with Crippen LogP contribution in [-0.4, -0.2) is 32.6 Å². The van der Waals surface area contributed by atoms with Crippen LogP contribution in [0.15, 0.2) is 42.5 Å². The average molecular weight is 369 g/mol. The molecule has 0 aromatic heterocycles. The minimum absolute atomic E-state index is 0.0527. The van der Waals surface area contributed by atoms with Gasteiger partial charge in [-0.3, -0.25) is 20.4 Å². The molecule has 8 nitrogen and oxygen atoms in total. The van der Waals surface area contributed by atoms with Crippen LogP contribution in [0.25, 0.3) is 0 Å². The summed E-state index contributed by atoms with van der Waals surface area (Å²) in [5.74, 6) is 0.618. The van der Waals surface area contributed by atoms with Crippen molar-refractivity contribution < 1.29 is 23.8 Å².